The van der Waals surface area contributed by atoms with Crippen molar-refractivity contribution in [3.8, 4) is 0 Å². The van der Waals surface area contributed by atoms with Gasteiger partial charge in [-0.05, 0) is 31.9 Å². The maximum absolute atomic E-state index is 12.0. The second-order valence-corrected chi connectivity index (χ2v) is 7.47. The van der Waals surface area contributed by atoms with E-state index in [1.165, 1.54) is 31.0 Å². The van der Waals surface area contributed by atoms with Crippen LogP contribution in [0.5, 0.6) is 0 Å². The molecule has 3 amide bonds. The van der Waals surface area contributed by atoms with E-state index in [0.717, 1.165) is 29.0 Å². The number of amides is 3. The Labute approximate surface area is 145 Å². The van der Waals surface area contributed by atoms with Gasteiger partial charge in [0.15, 0.2) is 5.16 Å². The number of imide groups is 1. The second kappa shape index (κ2) is 7.25. The highest BCUT2D eigenvalue weighted by Gasteiger charge is 2.25. The van der Waals surface area contributed by atoms with Crippen molar-refractivity contribution in [1.82, 2.24) is 14.9 Å². The first-order valence-corrected chi connectivity index (χ1v) is 9.18. The number of benzene rings is 1. The van der Waals surface area contributed by atoms with E-state index in [2.05, 4.69) is 16.0 Å². The minimum Gasteiger partial charge on any atom is -0.351 e. The lowest BCUT2D eigenvalue weighted by molar-refractivity contribution is -0.119. The minimum atomic E-state index is -0.826. The van der Waals surface area contributed by atoms with Gasteiger partial charge in [0.2, 0.25) is 5.91 Å². The first kappa shape index (κ1) is 16.8. The summed E-state index contributed by atoms with van der Waals surface area (Å²) in [5.74, 6) is -0.394. The number of carbonyl (C=O) groups excluding carboxylic acids is 2. The number of para-hydroxylation sites is 2. The summed E-state index contributed by atoms with van der Waals surface area (Å²) < 4.78 is 2.27. The Bertz CT molecular complexity index is 752. The lowest BCUT2D eigenvalue weighted by atomic mass is 9.95. The van der Waals surface area contributed by atoms with E-state index in [-0.39, 0.29) is 0 Å². The molecule has 2 aromatic rings. The number of carbonyl (C=O) groups is 2. The van der Waals surface area contributed by atoms with Crippen LogP contribution in [-0.4, -0.2) is 26.7 Å². The third kappa shape index (κ3) is 3.56. The van der Waals surface area contributed by atoms with Crippen LogP contribution in [0.3, 0.4) is 0 Å². The summed E-state index contributed by atoms with van der Waals surface area (Å²) in [5.41, 5.74) is 7.08. The molecule has 0 bridgehead atoms. The first-order chi connectivity index (χ1) is 11.6. The van der Waals surface area contributed by atoms with Crippen LogP contribution in [-0.2, 0) is 4.79 Å². The van der Waals surface area contributed by atoms with Gasteiger partial charge in [-0.3, -0.25) is 10.1 Å². The predicted octanol–water partition coefficient (Wildman–Crippen LogP) is 3.22. The fourth-order valence-corrected chi connectivity index (χ4v) is 4.23. The summed E-state index contributed by atoms with van der Waals surface area (Å²) in [5, 5.41) is 2.52. The van der Waals surface area contributed by atoms with E-state index in [1.54, 1.807) is 6.92 Å². The number of thioether (sulfide) groups is 1. The zero-order chi connectivity index (χ0) is 17.1. The zero-order valence-electron chi connectivity index (χ0n) is 13.7. The molecule has 1 heterocycles. The van der Waals surface area contributed by atoms with Crippen LogP contribution in [0.15, 0.2) is 29.4 Å². The normalized spacial score (nSPS) is 16.9. The number of fused-ring (bicyclic) bond motifs is 1. The Morgan fingerprint density at radius 3 is 2.71 bits per heavy atom. The number of hydrogen-bond acceptors (Lipinski definition) is 4. The van der Waals surface area contributed by atoms with E-state index >= 15 is 0 Å². The SMILES string of the molecule is C[C@@H](Sc1nc2ccccc2n1C1CCCCC1)C(=O)NC(N)=O. The molecule has 3 N–H and O–H groups in total. The van der Waals surface area contributed by atoms with Crippen molar-refractivity contribution < 1.29 is 9.59 Å². The van der Waals surface area contributed by atoms with Gasteiger partial charge in [-0.1, -0.05) is 43.2 Å². The molecular formula is C17H22N4O2S. The Morgan fingerprint density at radius 1 is 1.29 bits per heavy atom. The van der Waals surface area contributed by atoms with E-state index in [0.29, 0.717) is 6.04 Å². The lowest BCUT2D eigenvalue weighted by Crippen LogP contribution is -2.39. The third-order valence-corrected chi connectivity index (χ3v) is 5.47. The number of rotatable bonds is 4. The highest BCUT2D eigenvalue weighted by Crippen LogP contribution is 2.36. The van der Waals surface area contributed by atoms with Crippen LogP contribution in [0.25, 0.3) is 11.0 Å². The standard InChI is InChI=1S/C17H22N4O2S/c1-11(15(22)20-16(18)23)24-17-19-13-9-5-6-10-14(13)21(17)12-7-3-2-4-8-12/h5-6,9-12H,2-4,7-8H2,1H3,(H3,18,20,22,23)/t11-/m1/s1. The van der Waals surface area contributed by atoms with Crippen molar-refractivity contribution in [2.24, 2.45) is 5.73 Å². The first-order valence-electron chi connectivity index (χ1n) is 8.30. The molecule has 3 rings (SSSR count). The maximum Gasteiger partial charge on any atom is 0.318 e. The average molecular weight is 346 g/mol. The van der Waals surface area contributed by atoms with Gasteiger partial charge in [-0.15, -0.1) is 0 Å². The van der Waals surface area contributed by atoms with Gasteiger partial charge in [-0.2, -0.15) is 0 Å². The van der Waals surface area contributed by atoms with Crippen LogP contribution in [0.2, 0.25) is 0 Å². The zero-order valence-corrected chi connectivity index (χ0v) is 14.5. The van der Waals surface area contributed by atoms with Gasteiger partial charge < -0.3 is 10.3 Å². The maximum atomic E-state index is 12.0. The van der Waals surface area contributed by atoms with Gasteiger partial charge >= 0.3 is 6.03 Å². The second-order valence-electron chi connectivity index (χ2n) is 6.16. The molecule has 1 fully saturated rings. The quantitative estimate of drug-likeness (QED) is 0.832. The molecule has 1 atom stereocenters. The molecular weight excluding hydrogens is 324 g/mol. The number of nitrogens with zero attached hydrogens (tertiary/aromatic N) is 2. The number of hydrogen-bond donors (Lipinski definition) is 2. The molecule has 0 unspecified atom stereocenters. The summed E-state index contributed by atoms with van der Waals surface area (Å²) in [6.45, 7) is 1.76. The largest absolute Gasteiger partial charge is 0.351 e. The van der Waals surface area contributed by atoms with E-state index < -0.39 is 17.2 Å². The van der Waals surface area contributed by atoms with E-state index in [9.17, 15) is 9.59 Å². The van der Waals surface area contributed by atoms with E-state index in [4.69, 9.17) is 10.7 Å². The number of urea groups is 1. The molecule has 6 nitrogen and oxygen atoms in total. The van der Waals surface area contributed by atoms with Crippen LogP contribution >= 0.6 is 11.8 Å². The van der Waals surface area contributed by atoms with Crippen molar-refractivity contribution in [3.05, 3.63) is 24.3 Å². The van der Waals surface area contributed by atoms with Gasteiger partial charge in [-0.25, -0.2) is 9.78 Å². The molecule has 1 aliphatic carbocycles. The molecule has 0 aliphatic heterocycles. The Morgan fingerprint density at radius 2 is 2.00 bits per heavy atom. The van der Waals surface area contributed by atoms with Crippen molar-refractivity contribution in [3.63, 3.8) is 0 Å². The van der Waals surface area contributed by atoms with Crippen molar-refractivity contribution >= 4 is 34.7 Å². The van der Waals surface area contributed by atoms with Crippen LogP contribution in [0.1, 0.15) is 45.1 Å². The average Bonchev–Trinajstić information content (AvgIpc) is 2.92. The number of nitrogens with one attached hydrogen (secondary N) is 1. The highest BCUT2D eigenvalue weighted by atomic mass is 32.2. The number of nitrogens with two attached hydrogens (primary N) is 1. The smallest absolute Gasteiger partial charge is 0.318 e. The van der Waals surface area contributed by atoms with Crippen LogP contribution in [0, 0.1) is 0 Å². The number of primary amides is 1. The van der Waals surface area contributed by atoms with Gasteiger partial charge in [0.25, 0.3) is 0 Å². The van der Waals surface area contributed by atoms with Crippen LogP contribution in [0.4, 0.5) is 4.79 Å². The summed E-state index contributed by atoms with van der Waals surface area (Å²) in [7, 11) is 0. The van der Waals surface area contributed by atoms with Gasteiger partial charge in [0.1, 0.15) is 0 Å². The fourth-order valence-electron chi connectivity index (χ4n) is 3.23. The Kier molecular flexibility index (Phi) is 5.08. The molecule has 128 valence electrons. The van der Waals surface area contributed by atoms with Crippen LogP contribution < -0.4 is 11.1 Å². The molecule has 1 aliphatic rings. The molecule has 7 heteroatoms. The Balaban J connectivity index is 1.91. The summed E-state index contributed by atoms with van der Waals surface area (Å²) >= 11 is 1.37. The fraction of sp³-hybridized carbons (Fsp3) is 0.471. The molecule has 0 saturated heterocycles. The summed E-state index contributed by atoms with van der Waals surface area (Å²) in [6, 6.07) is 7.65. The monoisotopic (exact) mass is 346 g/mol. The molecule has 1 aromatic heterocycles. The molecule has 1 saturated carbocycles. The lowest BCUT2D eigenvalue weighted by Gasteiger charge is -2.25. The topological polar surface area (TPSA) is 90.0 Å². The number of imidazole rings is 1. The summed E-state index contributed by atoms with van der Waals surface area (Å²) in [4.78, 5) is 27.6. The molecule has 1 aromatic carbocycles. The number of aromatic nitrogens is 2. The minimum absolute atomic E-state index is 0.394. The van der Waals surface area contributed by atoms with Crippen molar-refractivity contribution in [2.45, 2.75) is 55.5 Å². The van der Waals surface area contributed by atoms with E-state index in [1.807, 2.05) is 18.2 Å². The van der Waals surface area contributed by atoms with Crippen molar-refractivity contribution in [1.29, 1.82) is 0 Å². The summed E-state index contributed by atoms with van der Waals surface area (Å²) in [6.07, 6.45) is 5.99. The Hall–Kier alpha value is -2.02. The molecule has 0 radical (unpaired) electrons. The highest BCUT2D eigenvalue weighted by molar-refractivity contribution is 8.00. The molecule has 0 spiro atoms. The molecule has 24 heavy (non-hydrogen) atoms. The van der Waals surface area contributed by atoms with Gasteiger partial charge in [0.05, 0.1) is 16.3 Å². The van der Waals surface area contributed by atoms with Gasteiger partial charge in [0, 0.05) is 6.04 Å². The third-order valence-electron chi connectivity index (χ3n) is 4.40. The predicted molar refractivity (Wildman–Crippen MR) is 94.9 cm³/mol. The van der Waals surface area contributed by atoms with Crippen molar-refractivity contribution in [2.75, 3.05) is 0 Å².